The van der Waals surface area contributed by atoms with Crippen LogP contribution in [0.3, 0.4) is 0 Å². The average Bonchev–Trinajstić information content (AvgIpc) is 2.25. The Hall–Kier alpha value is -1.48. The first-order chi connectivity index (χ1) is 8.33. The summed E-state index contributed by atoms with van der Waals surface area (Å²) in [7, 11) is -1.83. The molecule has 0 amide bonds. The molecule has 0 bridgehead atoms. The van der Waals surface area contributed by atoms with Crippen molar-refractivity contribution in [3.63, 3.8) is 0 Å². The Kier molecular flexibility index (Phi) is 4.79. The van der Waals surface area contributed by atoms with Gasteiger partial charge in [0.1, 0.15) is 0 Å². The monoisotopic (exact) mass is 280 g/mol. The fourth-order valence-electron chi connectivity index (χ4n) is 1.18. The number of aromatic nitrogens is 1. The van der Waals surface area contributed by atoms with Gasteiger partial charge >= 0.3 is 0 Å². The van der Waals surface area contributed by atoms with Crippen LogP contribution >= 0.6 is 0 Å². The zero-order valence-electron chi connectivity index (χ0n) is 9.92. The Morgan fingerprint density at radius 3 is 2.39 bits per heavy atom. The summed E-state index contributed by atoms with van der Waals surface area (Å²) in [4.78, 5) is 3.67. The molecule has 102 valence electrons. The minimum absolute atomic E-state index is 0.0756. The lowest BCUT2D eigenvalue weighted by Gasteiger charge is -2.09. The Labute approximate surface area is 104 Å². The van der Waals surface area contributed by atoms with Crippen LogP contribution in [0.25, 0.3) is 0 Å². The van der Waals surface area contributed by atoms with Gasteiger partial charge in [0.05, 0.1) is 6.26 Å². The van der Waals surface area contributed by atoms with E-state index in [1.807, 2.05) is 0 Å². The van der Waals surface area contributed by atoms with Crippen molar-refractivity contribution in [3.8, 4) is 0 Å². The molecule has 0 radical (unpaired) electrons. The summed E-state index contributed by atoms with van der Waals surface area (Å²) in [5.41, 5.74) is 0. The van der Waals surface area contributed by atoms with E-state index in [0.717, 1.165) is 6.26 Å². The van der Waals surface area contributed by atoms with Crippen LogP contribution in [0, 0.1) is 11.6 Å². The number of nitrogens with one attached hydrogen (secondary N) is 3. The van der Waals surface area contributed by atoms with Crippen LogP contribution in [0.5, 0.6) is 0 Å². The second-order valence-corrected chi connectivity index (χ2v) is 5.33. The van der Waals surface area contributed by atoms with E-state index in [9.17, 15) is 17.2 Å². The van der Waals surface area contributed by atoms with E-state index < -0.39 is 21.7 Å². The van der Waals surface area contributed by atoms with Crippen molar-refractivity contribution in [1.29, 1.82) is 0 Å². The second-order valence-electron chi connectivity index (χ2n) is 3.49. The van der Waals surface area contributed by atoms with Crippen LogP contribution in [0.1, 0.15) is 0 Å². The van der Waals surface area contributed by atoms with Gasteiger partial charge in [-0.3, -0.25) is 0 Å². The first kappa shape index (κ1) is 14.6. The van der Waals surface area contributed by atoms with E-state index in [-0.39, 0.29) is 24.7 Å². The van der Waals surface area contributed by atoms with E-state index in [4.69, 9.17) is 0 Å². The summed E-state index contributed by atoms with van der Waals surface area (Å²) in [6, 6.07) is 0.700. The third-order valence-electron chi connectivity index (χ3n) is 1.95. The highest BCUT2D eigenvalue weighted by atomic mass is 32.2. The third-order valence-corrected chi connectivity index (χ3v) is 2.68. The first-order valence-electron chi connectivity index (χ1n) is 5.06. The summed E-state index contributed by atoms with van der Waals surface area (Å²) in [6.45, 7) is 0.206. The van der Waals surface area contributed by atoms with Crippen LogP contribution in [-0.4, -0.2) is 39.8 Å². The topological polar surface area (TPSA) is 83.1 Å². The number of hydrogen-bond donors (Lipinski definition) is 3. The number of nitrogens with zero attached hydrogens (tertiary/aromatic N) is 1. The molecule has 3 N–H and O–H groups in total. The Balaban J connectivity index is 2.62. The average molecular weight is 280 g/mol. The summed E-state index contributed by atoms with van der Waals surface area (Å²) in [6.07, 6.45) is 1.02. The number of rotatable bonds is 6. The fraction of sp³-hybridized carbons (Fsp3) is 0.444. The molecule has 0 unspecified atom stereocenters. The lowest BCUT2D eigenvalue weighted by molar-refractivity contribution is 0.578. The molecule has 9 heteroatoms. The molecule has 0 aliphatic heterocycles. The van der Waals surface area contributed by atoms with E-state index in [0.29, 0.717) is 6.07 Å². The zero-order chi connectivity index (χ0) is 13.8. The molecule has 0 saturated carbocycles. The van der Waals surface area contributed by atoms with Crippen LogP contribution in [0.15, 0.2) is 6.07 Å². The molecule has 0 aliphatic rings. The van der Waals surface area contributed by atoms with Gasteiger partial charge < -0.3 is 10.6 Å². The lowest BCUT2D eigenvalue weighted by Crippen LogP contribution is -2.28. The van der Waals surface area contributed by atoms with Gasteiger partial charge in [-0.1, -0.05) is 0 Å². The molecule has 1 rings (SSSR count). The van der Waals surface area contributed by atoms with Crippen LogP contribution in [-0.2, 0) is 10.0 Å². The molecule has 6 nitrogen and oxygen atoms in total. The summed E-state index contributed by atoms with van der Waals surface area (Å²) < 4.78 is 50.1. The van der Waals surface area contributed by atoms with Crippen molar-refractivity contribution in [2.24, 2.45) is 0 Å². The van der Waals surface area contributed by atoms with Crippen LogP contribution in [0.2, 0.25) is 0 Å². The molecule has 0 spiro atoms. The van der Waals surface area contributed by atoms with Crippen molar-refractivity contribution >= 4 is 21.7 Å². The van der Waals surface area contributed by atoms with Gasteiger partial charge in [-0.15, -0.1) is 0 Å². The molecule has 0 aromatic carbocycles. The van der Waals surface area contributed by atoms with Crippen molar-refractivity contribution < 1.29 is 17.2 Å². The summed E-state index contributed by atoms with van der Waals surface area (Å²) in [5, 5.41) is 5.04. The molecule has 0 saturated heterocycles. The maximum atomic E-state index is 13.3. The van der Waals surface area contributed by atoms with E-state index in [1.165, 1.54) is 7.05 Å². The molecular formula is C9H14F2N4O2S. The summed E-state index contributed by atoms with van der Waals surface area (Å²) in [5.74, 6) is -1.87. The molecule has 1 heterocycles. The van der Waals surface area contributed by atoms with Crippen molar-refractivity contribution in [2.75, 3.05) is 37.0 Å². The van der Waals surface area contributed by atoms with Gasteiger partial charge in [0.2, 0.25) is 10.0 Å². The minimum atomic E-state index is -3.28. The van der Waals surface area contributed by atoms with E-state index in [2.05, 4.69) is 20.3 Å². The molecule has 1 aromatic rings. The molecule has 0 fully saturated rings. The lowest BCUT2D eigenvalue weighted by atomic mass is 10.4. The van der Waals surface area contributed by atoms with Crippen molar-refractivity contribution in [1.82, 2.24) is 9.71 Å². The molecule has 0 aliphatic carbocycles. The number of halogens is 2. The highest BCUT2D eigenvalue weighted by molar-refractivity contribution is 7.88. The predicted molar refractivity (Wildman–Crippen MR) is 65.0 cm³/mol. The van der Waals surface area contributed by atoms with Crippen LogP contribution < -0.4 is 15.4 Å². The maximum Gasteiger partial charge on any atom is 0.208 e. The SMILES string of the molecule is CNc1nc(NCCNS(C)(=O)=O)c(F)cc1F. The Morgan fingerprint density at radius 1 is 1.22 bits per heavy atom. The van der Waals surface area contributed by atoms with Gasteiger partial charge in [-0.25, -0.2) is 26.9 Å². The minimum Gasteiger partial charge on any atom is -0.371 e. The number of pyridine rings is 1. The fourth-order valence-corrected chi connectivity index (χ4v) is 1.66. The number of sulfonamides is 1. The first-order valence-corrected chi connectivity index (χ1v) is 6.95. The van der Waals surface area contributed by atoms with E-state index in [1.54, 1.807) is 0 Å². The van der Waals surface area contributed by atoms with Gasteiger partial charge in [0, 0.05) is 26.2 Å². The molecule has 18 heavy (non-hydrogen) atoms. The third kappa shape index (κ3) is 4.41. The molecule has 0 atom stereocenters. The Morgan fingerprint density at radius 2 is 1.83 bits per heavy atom. The Bertz CT molecular complexity index is 522. The highest BCUT2D eigenvalue weighted by Gasteiger charge is 2.10. The zero-order valence-corrected chi connectivity index (χ0v) is 10.7. The molecule has 1 aromatic heterocycles. The van der Waals surface area contributed by atoms with Gasteiger partial charge in [-0.05, 0) is 0 Å². The summed E-state index contributed by atoms with van der Waals surface area (Å²) >= 11 is 0. The maximum absolute atomic E-state index is 13.3. The standard InChI is InChI=1S/C9H14F2N4O2S/c1-12-8-6(10)5-7(11)9(15-8)13-3-4-14-18(2,16)17/h5,14H,3-4H2,1-2H3,(H2,12,13,15). The largest absolute Gasteiger partial charge is 0.371 e. The van der Waals surface area contributed by atoms with Crippen molar-refractivity contribution in [3.05, 3.63) is 17.7 Å². The predicted octanol–water partition coefficient (Wildman–Crippen LogP) is 0.363. The smallest absolute Gasteiger partial charge is 0.208 e. The van der Waals surface area contributed by atoms with Gasteiger partial charge in [0.15, 0.2) is 23.3 Å². The van der Waals surface area contributed by atoms with Crippen LogP contribution in [0.4, 0.5) is 20.4 Å². The highest BCUT2D eigenvalue weighted by Crippen LogP contribution is 2.17. The van der Waals surface area contributed by atoms with Crippen molar-refractivity contribution in [2.45, 2.75) is 0 Å². The van der Waals surface area contributed by atoms with Gasteiger partial charge in [-0.2, -0.15) is 0 Å². The number of hydrogen-bond acceptors (Lipinski definition) is 5. The number of anilines is 2. The second kappa shape index (κ2) is 5.91. The normalized spacial score (nSPS) is 11.3. The molecular weight excluding hydrogens is 266 g/mol. The van der Waals surface area contributed by atoms with E-state index >= 15 is 0 Å². The quantitative estimate of drug-likeness (QED) is 0.655. The van der Waals surface area contributed by atoms with Gasteiger partial charge in [0.25, 0.3) is 0 Å².